The molecule has 1 aromatic rings. The van der Waals surface area contributed by atoms with Crippen molar-refractivity contribution in [3.8, 4) is 0 Å². The molecule has 0 radical (unpaired) electrons. The van der Waals surface area contributed by atoms with Crippen LogP contribution in [0.1, 0.15) is 24.3 Å². The van der Waals surface area contributed by atoms with E-state index < -0.39 is 0 Å². The number of carbonyl (C=O) groups is 2. The fourth-order valence-corrected chi connectivity index (χ4v) is 2.07. The normalized spacial score (nSPS) is 24.3. The van der Waals surface area contributed by atoms with E-state index in [-0.39, 0.29) is 24.5 Å². The van der Waals surface area contributed by atoms with Gasteiger partial charge in [-0.05, 0) is 25.7 Å². The molecule has 1 atom stereocenters. The van der Waals surface area contributed by atoms with Crippen LogP contribution in [0, 0.1) is 12.8 Å². The minimum atomic E-state index is -0.325. The fraction of sp³-hybridized carbons (Fsp3) is 0.545. The summed E-state index contributed by atoms with van der Waals surface area (Å²) in [6, 6.07) is -0.649. The molecule has 0 spiro atoms. The summed E-state index contributed by atoms with van der Waals surface area (Å²) >= 11 is 0. The molecule has 1 aromatic heterocycles. The van der Waals surface area contributed by atoms with E-state index in [4.69, 9.17) is 4.42 Å². The molecule has 3 amide bonds. The summed E-state index contributed by atoms with van der Waals surface area (Å²) in [7, 11) is 0. The van der Waals surface area contributed by atoms with Gasteiger partial charge in [0.15, 0.2) is 6.39 Å². The Labute approximate surface area is 98.0 Å². The summed E-state index contributed by atoms with van der Waals surface area (Å²) in [6.07, 6.45) is 3.36. The first-order valence-corrected chi connectivity index (χ1v) is 5.67. The molecule has 1 aliphatic carbocycles. The number of amides is 3. The molecule has 17 heavy (non-hydrogen) atoms. The van der Waals surface area contributed by atoms with Crippen molar-refractivity contribution >= 4 is 11.9 Å². The molecule has 1 saturated carbocycles. The minimum Gasteiger partial charge on any atom is -0.448 e. The van der Waals surface area contributed by atoms with Crippen molar-refractivity contribution in [1.82, 2.24) is 15.2 Å². The van der Waals surface area contributed by atoms with E-state index >= 15 is 0 Å². The van der Waals surface area contributed by atoms with Gasteiger partial charge in [0.25, 0.3) is 5.91 Å². The largest absolute Gasteiger partial charge is 0.448 e. The highest BCUT2D eigenvalue weighted by molar-refractivity contribution is 6.04. The lowest BCUT2D eigenvalue weighted by molar-refractivity contribution is -0.128. The molecular weight excluding hydrogens is 222 g/mol. The Bertz CT molecular complexity index is 478. The second-order valence-corrected chi connectivity index (χ2v) is 4.54. The zero-order valence-corrected chi connectivity index (χ0v) is 9.47. The molecule has 2 heterocycles. The number of imide groups is 1. The predicted octanol–water partition coefficient (Wildman–Crippen LogP) is 0.813. The second kappa shape index (κ2) is 3.58. The van der Waals surface area contributed by atoms with Gasteiger partial charge < -0.3 is 9.73 Å². The van der Waals surface area contributed by atoms with Crippen LogP contribution in [0.5, 0.6) is 0 Å². The van der Waals surface area contributed by atoms with E-state index in [1.54, 1.807) is 6.92 Å². The van der Waals surface area contributed by atoms with E-state index in [9.17, 15) is 9.59 Å². The highest BCUT2D eigenvalue weighted by Crippen LogP contribution is 2.35. The third-order valence-electron chi connectivity index (χ3n) is 3.30. The number of aryl methyl sites for hydroxylation is 1. The molecule has 2 aliphatic rings. The summed E-state index contributed by atoms with van der Waals surface area (Å²) < 4.78 is 5.05. The van der Waals surface area contributed by atoms with E-state index in [2.05, 4.69) is 10.3 Å². The number of oxazole rings is 1. The van der Waals surface area contributed by atoms with E-state index in [1.165, 1.54) is 11.3 Å². The van der Waals surface area contributed by atoms with Gasteiger partial charge in [-0.25, -0.2) is 9.78 Å². The van der Waals surface area contributed by atoms with Crippen LogP contribution >= 0.6 is 0 Å². The Morgan fingerprint density at radius 2 is 2.29 bits per heavy atom. The Morgan fingerprint density at radius 3 is 2.88 bits per heavy atom. The third-order valence-corrected chi connectivity index (χ3v) is 3.30. The lowest BCUT2D eigenvalue weighted by atomic mass is 10.2. The number of hydrogen-bond donors (Lipinski definition) is 1. The van der Waals surface area contributed by atoms with Gasteiger partial charge in [-0.15, -0.1) is 0 Å². The average Bonchev–Trinajstić information content (AvgIpc) is 3.01. The van der Waals surface area contributed by atoms with Crippen LogP contribution in [0.4, 0.5) is 4.79 Å². The lowest BCUT2D eigenvalue weighted by Crippen LogP contribution is -2.32. The van der Waals surface area contributed by atoms with Crippen LogP contribution < -0.4 is 5.32 Å². The summed E-state index contributed by atoms with van der Waals surface area (Å²) in [4.78, 5) is 28.9. The number of urea groups is 1. The van der Waals surface area contributed by atoms with Gasteiger partial charge in [-0.3, -0.25) is 9.69 Å². The van der Waals surface area contributed by atoms with Crippen LogP contribution in [0.15, 0.2) is 10.8 Å². The number of nitrogens with one attached hydrogen (secondary N) is 1. The van der Waals surface area contributed by atoms with Gasteiger partial charge in [0.05, 0.1) is 6.54 Å². The quantitative estimate of drug-likeness (QED) is 0.787. The summed E-state index contributed by atoms with van der Waals surface area (Å²) in [6.45, 7) is 1.95. The van der Waals surface area contributed by atoms with Gasteiger partial charge in [0, 0.05) is 0 Å². The number of rotatable bonds is 3. The van der Waals surface area contributed by atoms with Gasteiger partial charge in [-0.1, -0.05) is 0 Å². The first kappa shape index (κ1) is 10.3. The molecule has 1 saturated heterocycles. The molecule has 0 aromatic carbocycles. The van der Waals surface area contributed by atoms with Crippen molar-refractivity contribution in [2.45, 2.75) is 32.4 Å². The van der Waals surface area contributed by atoms with Crippen molar-refractivity contribution in [1.29, 1.82) is 0 Å². The molecule has 1 N–H and O–H groups in total. The molecule has 2 fully saturated rings. The summed E-state index contributed by atoms with van der Waals surface area (Å²) in [5, 5.41) is 2.73. The van der Waals surface area contributed by atoms with E-state index in [0.29, 0.717) is 17.4 Å². The number of carbonyl (C=O) groups excluding carboxylic acids is 2. The van der Waals surface area contributed by atoms with Gasteiger partial charge in [-0.2, -0.15) is 0 Å². The molecule has 1 unspecified atom stereocenters. The summed E-state index contributed by atoms with van der Waals surface area (Å²) in [5.41, 5.74) is 0.630. The second-order valence-electron chi connectivity index (χ2n) is 4.54. The monoisotopic (exact) mass is 235 g/mol. The van der Waals surface area contributed by atoms with Crippen molar-refractivity contribution < 1.29 is 14.0 Å². The van der Waals surface area contributed by atoms with E-state index in [0.717, 1.165) is 12.8 Å². The lowest BCUT2D eigenvalue weighted by Gasteiger charge is -2.11. The predicted molar refractivity (Wildman–Crippen MR) is 56.8 cm³/mol. The van der Waals surface area contributed by atoms with E-state index in [1.807, 2.05) is 0 Å². The van der Waals surface area contributed by atoms with Gasteiger partial charge in [0.2, 0.25) is 0 Å². The first-order valence-electron chi connectivity index (χ1n) is 5.67. The molecule has 0 bridgehead atoms. The molecule has 6 nitrogen and oxygen atoms in total. The van der Waals surface area contributed by atoms with Crippen LogP contribution in [0.25, 0.3) is 0 Å². The standard InChI is InChI=1S/C11H13N3O3/c1-6-8(12-5-17-6)4-14-10(15)9(7-2-3-7)13-11(14)16/h5,7,9H,2-4H2,1H3,(H,13,16). The van der Waals surface area contributed by atoms with Crippen molar-refractivity contribution in [2.24, 2.45) is 5.92 Å². The smallest absolute Gasteiger partial charge is 0.325 e. The van der Waals surface area contributed by atoms with Crippen molar-refractivity contribution in [3.05, 3.63) is 17.8 Å². The van der Waals surface area contributed by atoms with Crippen LogP contribution in [-0.2, 0) is 11.3 Å². The summed E-state index contributed by atoms with van der Waals surface area (Å²) in [5.74, 6) is 0.829. The zero-order chi connectivity index (χ0) is 12.0. The Balaban J connectivity index is 1.77. The Kier molecular flexibility index (Phi) is 2.17. The highest BCUT2D eigenvalue weighted by Gasteiger charge is 2.46. The zero-order valence-electron chi connectivity index (χ0n) is 9.47. The van der Waals surface area contributed by atoms with Crippen molar-refractivity contribution in [2.75, 3.05) is 0 Å². The molecule has 6 heteroatoms. The Morgan fingerprint density at radius 1 is 1.53 bits per heavy atom. The SMILES string of the molecule is Cc1ocnc1CN1C(=O)NC(C2CC2)C1=O. The third kappa shape index (κ3) is 1.69. The number of aromatic nitrogens is 1. The average molecular weight is 235 g/mol. The van der Waals surface area contributed by atoms with Gasteiger partial charge in [0.1, 0.15) is 17.5 Å². The van der Waals surface area contributed by atoms with Crippen molar-refractivity contribution in [3.63, 3.8) is 0 Å². The molecular formula is C11H13N3O3. The topological polar surface area (TPSA) is 75.4 Å². The van der Waals surface area contributed by atoms with Gasteiger partial charge >= 0.3 is 6.03 Å². The minimum absolute atomic E-state index is 0.139. The first-order chi connectivity index (χ1) is 8.16. The molecule has 3 rings (SSSR count). The number of nitrogens with zero attached hydrogens (tertiary/aromatic N) is 2. The highest BCUT2D eigenvalue weighted by atomic mass is 16.3. The maximum atomic E-state index is 12.0. The van der Waals surface area contributed by atoms with Crippen LogP contribution in [0.3, 0.4) is 0 Å². The molecule has 1 aliphatic heterocycles. The van der Waals surface area contributed by atoms with Crippen LogP contribution in [-0.4, -0.2) is 27.9 Å². The fourth-order valence-electron chi connectivity index (χ4n) is 2.07. The van der Waals surface area contributed by atoms with Crippen LogP contribution in [0.2, 0.25) is 0 Å². The maximum Gasteiger partial charge on any atom is 0.325 e. The molecule has 90 valence electrons. The Hall–Kier alpha value is -1.85. The maximum absolute atomic E-state index is 12.0. The number of hydrogen-bond acceptors (Lipinski definition) is 4.